The van der Waals surface area contributed by atoms with Crippen LogP contribution in [0, 0.1) is 0 Å². The summed E-state index contributed by atoms with van der Waals surface area (Å²) in [5.41, 5.74) is 8.55. The minimum Gasteiger partial charge on any atom is -0.465 e. The molecule has 2 N–H and O–H groups in total. The highest BCUT2D eigenvalue weighted by atomic mass is 16.5. The number of para-hydroxylation sites is 1. The van der Waals surface area contributed by atoms with Gasteiger partial charge in [-0.3, -0.25) is 4.98 Å². The molecular weight excluding hydrogens is 244 g/mol. The van der Waals surface area contributed by atoms with Crippen LogP contribution in [0.15, 0.2) is 24.4 Å². The summed E-state index contributed by atoms with van der Waals surface area (Å²) in [6.45, 7) is 0.611. The molecule has 2 rings (SSSR count). The molecule has 0 fully saturated rings. The molecule has 0 aliphatic carbocycles. The first kappa shape index (κ1) is 13.3. The van der Waals surface area contributed by atoms with Crippen molar-refractivity contribution in [3.05, 3.63) is 35.5 Å². The highest BCUT2D eigenvalue weighted by molar-refractivity contribution is 6.04. The number of nitrogens with two attached hydrogens (primary N) is 1. The number of benzene rings is 1. The minimum atomic E-state index is -0.478. The van der Waals surface area contributed by atoms with Crippen LogP contribution in [-0.4, -0.2) is 31.8 Å². The number of rotatable bonds is 4. The Balaban J connectivity index is 2.55. The number of nitrogens with zero attached hydrogens (tertiary/aromatic N) is 1. The van der Waals surface area contributed by atoms with Crippen LogP contribution in [0.3, 0.4) is 0 Å². The van der Waals surface area contributed by atoms with Crippen LogP contribution in [0.5, 0.6) is 0 Å². The standard InChI is InChI=1S/C14H16N2O3/c1-18-7-6-9-4-3-5-10-12(15)11(14(17)19-2)8-16-13(9)10/h3-5,8H,6-7H2,1-2H3,(H2,15,16). The first-order valence-corrected chi connectivity index (χ1v) is 5.92. The third-order valence-electron chi connectivity index (χ3n) is 3.00. The summed E-state index contributed by atoms with van der Waals surface area (Å²) in [7, 11) is 2.98. The molecule has 0 saturated heterocycles. The number of fused-ring (bicyclic) bond motifs is 1. The Bertz CT molecular complexity index is 611. The van der Waals surface area contributed by atoms with E-state index in [4.69, 9.17) is 10.5 Å². The monoisotopic (exact) mass is 260 g/mol. The molecule has 1 aromatic carbocycles. The topological polar surface area (TPSA) is 74.4 Å². The second kappa shape index (κ2) is 5.67. The van der Waals surface area contributed by atoms with E-state index in [9.17, 15) is 4.79 Å². The minimum absolute atomic E-state index is 0.291. The van der Waals surface area contributed by atoms with E-state index >= 15 is 0 Å². The fourth-order valence-electron chi connectivity index (χ4n) is 1.99. The third-order valence-corrected chi connectivity index (χ3v) is 3.00. The highest BCUT2D eigenvalue weighted by Gasteiger charge is 2.14. The molecule has 0 atom stereocenters. The number of pyridine rings is 1. The van der Waals surface area contributed by atoms with Gasteiger partial charge in [-0.15, -0.1) is 0 Å². The predicted octanol–water partition coefficient (Wildman–Crippen LogP) is 1.79. The number of carbonyl (C=O) groups excluding carboxylic acids is 1. The van der Waals surface area contributed by atoms with Crippen molar-refractivity contribution in [3.63, 3.8) is 0 Å². The van der Waals surface area contributed by atoms with Crippen molar-refractivity contribution in [1.82, 2.24) is 4.98 Å². The number of esters is 1. The Hall–Kier alpha value is -2.14. The number of aromatic nitrogens is 1. The Morgan fingerprint density at radius 1 is 1.37 bits per heavy atom. The zero-order valence-electron chi connectivity index (χ0n) is 11.0. The van der Waals surface area contributed by atoms with Crippen LogP contribution >= 0.6 is 0 Å². The largest absolute Gasteiger partial charge is 0.465 e. The van der Waals surface area contributed by atoms with Gasteiger partial charge in [0, 0.05) is 18.7 Å². The van der Waals surface area contributed by atoms with E-state index in [2.05, 4.69) is 9.72 Å². The number of hydrogen-bond donors (Lipinski definition) is 1. The lowest BCUT2D eigenvalue weighted by Gasteiger charge is -2.10. The van der Waals surface area contributed by atoms with Gasteiger partial charge in [-0.25, -0.2) is 4.79 Å². The molecule has 0 unspecified atom stereocenters. The van der Waals surface area contributed by atoms with E-state index in [0.29, 0.717) is 17.9 Å². The van der Waals surface area contributed by atoms with Crippen LogP contribution in [0.2, 0.25) is 0 Å². The first-order chi connectivity index (χ1) is 9.19. The first-order valence-electron chi connectivity index (χ1n) is 5.92. The quantitative estimate of drug-likeness (QED) is 0.848. The zero-order chi connectivity index (χ0) is 13.8. The number of hydrogen-bond acceptors (Lipinski definition) is 5. The molecule has 5 heteroatoms. The Labute approximate surface area is 111 Å². The van der Waals surface area contributed by atoms with Crippen LogP contribution in [-0.2, 0) is 15.9 Å². The zero-order valence-corrected chi connectivity index (χ0v) is 11.0. The van der Waals surface area contributed by atoms with Crippen LogP contribution in [0.4, 0.5) is 5.69 Å². The molecule has 19 heavy (non-hydrogen) atoms. The van der Waals surface area contributed by atoms with E-state index in [0.717, 1.165) is 22.9 Å². The summed E-state index contributed by atoms with van der Waals surface area (Å²) in [6.07, 6.45) is 2.21. The molecule has 0 radical (unpaired) electrons. The molecule has 0 spiro atoms. The van der Waals surface area contributed by atoms with Crippen molar-refractivity contribution in [2.24, 2.45) is 0 Å². The van der Waals surface area contributed by atoms with Gasteiger partial charge in [-0.1, -0.05) is 18.2 Å². The number of methoxy groups -OCH3 is 2. The number of anilines is 1. The van der Waals surface area contributed by atoms with Crippen molar-refractivity contribution in [3.8, 4) is 0 Å². The van der Waals surface area contributed by atoms with Crippen molar-refractivity contribution in [2.75, 3.05) is 26.6 Å². The lowest BCUT2D eigenvalue weighted by atomic mass is 10.0. The normalized spacial score (nSPS) is 10.6. The number of ether oxygens (including phenoxy) is 2. The van der Waals surface area contributed by atoms with Gasteiger partial charge in [-0.2, -0.15) is 0 Å². The maximum absolute atomic E-state index is 11.6. The molecule has 5 nitrogen and oxygen atoms in total. The second-order valence-electron chi connectivity index (χ2n) is 4.13. The van der Waals surface area contributed by atoms with Crippen LogP contribution in [0.1, 0.15) is 15.9 Å². The van der Waals surface area contributed by atoms with Crippen molar-refractivity contribution < 1.29 is 14.3 Å². The van der Waals surface area contributed by atoms with Crippen LogP contribution in [0.25, 0.3) is 10.9 Å². The average molecular weight is 260 g/mol. The molecule has 0 amide bonds. The average Bonchev–Trinajstić information content (AvgIpc) is 2.45. The Kier molecular flexibility index (Phi) is 3.97. The van der Waals surface area contributed by atoms with Gasteiger partial charge >= 0.3 is 5.97 Å². The van der Waals surface area contributed by atoms with Gasteiger partial charge in [0.15, 0.2) is 0 Å². The van der Waals surface area contributed by atoms with Crippen molar-refractivity contribution in [2.45, 2.75) is 6.42 Å². The van der Waals surface area contributed by atoms with Gasteiger partial charge in [0.1, 0.15) is 5.56 Å². The Morgan fingerprint density at radius 2 is 2.16 bits per heavy atom. The van der Waals surface area contributed by atoms with Gasteiger partial charge in [0.2, 0.25) is 0 Å². The van der Waals surface area contributed by atoms with Crippen molar-refractivity contribution >= 4 is 22.6 Å². The van der Waals surface area contributed by atoms with Gasteiger partial charge in [0.25, 0.3) is 0 Å². The maximum Gasteiger partial charge on any atom is 0.341 e. The summed E-state index contributed by atoms with van der Waals surface area (Å²) in [5.74, 6) is -0.478. The fraction of sp³-hybridized carbons (Fsp3) is 0.286. The molecule has 2 aromatic rings. The van der Waals surface area contributed by atoms with E-state index in [1.807, 2.05) is 18.2 Å². The molecule has 1 aromatic heterocycles. The van der Waals surface area contributed by atoms with E-state index < -0.39 is 5.97 Å². The fourth-order valence-corrected chi connectivity index (χ4v) is 1.99. The molecule has 1 heterocycles. The van der Waals surface area contributed by atoms with E-state index in [1.165, 1.54) is 13.3 Å². The summed E-state index contributed by atoms with van der Waals surface area (Å²) < 4.78 is 9.75. The van der Waals surface area contributed by atoms with Gasteiger partial charge in [0.05, 0.1) is 24.9 Å². The van der Waals surface area contributed by atoms with Gasteiger partial charge < -0.3 is 15.2 Å². The summed E-state index contributed by atoms with van der Waals surface area (Å²) in [4.78, 5) is 15.9. The van der Waals surface area contributed by atoms with Crippen molar-refractivity contribution in [1.29, 1.82) is 0 Å². The molecule has 0 aliphatic rings. The lowest BCUT2D eigenvalue weighted by Crippen LogP contribution is -2.07. The highest BCUT2D eigenvalue weighted by Crippen LogP contribution is 2.26. The molecule has 0 saturated carbocycles. The third kappa shape index (κ3) is 2.51. The molecule has 100 valence electrons. The molecular formula is C14H16N2O3. The number of nitrogen functional groups attached to an aromatic ring is 1. The molecule has 0 aliphatic heterocycles. The summed E-state index contributed by atoms with van der Waals surface area (Å²) in [5, 5.41) is 0.761. The van der Waals surface area contributed by atoms with Gasteiger partial charge in [-0.05, 0) is 12.0 Å². The second-order valence-corrected chi connectivity index (χ2v) is 4.13. The smallest absolute Gasteiger partial charge is 0.341 e. The van der Waals surface area contributed by atoms with E-state index in [-0.39, 0.29) is 0 Å². The SMILES string of the molecule is COCCc1cccc2c(N)c(C(=O)OC)cnc12. The molecule has 0 bridgehead atoms. The Morgan fingerprint density at radius 3 is 2.84 bits per heavy atom. The summed E-state index contributed by atoms with van der Waals surface area (Å²) in [6, 6.07) is 5.72. The predicted molar refractivity (Wildman–Crippen MR) is 73.1 cm³/mol. The van der Waals surface area contributed by atoms with Crippen LogP contribution < -0.4 is 5.73 Å². The van der Waals surface area contributed by atoms with E-state index in [1.54, 1.807) is 7.11 Å². The summed E-state index contributed by atoms with van der Waals surface area (Å²) >= 11 is 0. The number of carbonyl (C=O) groups is 1. The lowest BCUT2D eigenvalue weighted by molar-refractivity contribution is 0.0601. The maximum atomic E-state index is 11.6.